The summed E-state index contributed by atoms with van der Waals surface area (Å²) in [6, 6.07) is 0. The predicted octanol–water partition coefficient (Wildman–Crippen LogP) is 4.13. The van der Waals surface area contributed by atoms with Crippen molar-refractivity contribution < 1.29 is 13.2 Å². The van der Waals surface area contributed by atoms with E-state index >= 15 is 0 Å². The number of nitrogens with one attached hydrogen (secondary N) is 1. The minimum Gasteiger partial charge on any atom is -0.351 e. The number of H-pyrrole nitrogens is 1. The van der Waals surface area contributed by atoms with Crippen molar-refractivity contribution in [1.82, 2.24) is 9.97 Å². The van der Waals surface area contributed by atoms with E-state index in [1.807, 2.05) is 0 Å². The number of aromatic nitrogens is 2. The highest BCUT2D eigenvalue weighted by Gasteiger charge is 2.44. The quantitative estimate of drug-likeness (QED) is 0.887. The summed E-state index contributed by atoms with van der Waals surface area (Å²) in [6.07, 6.45) is 3.23. The SMILES string of the molecule is Cl.FC(F)(F)C(Cc1c[nH]cn1)C1CCCCC1. The Morgan fingerprint density at radius 1 is 1.28 bits per heavy atom. The second kappa shape index (κ2) is 6.45. The molecule has 1 aliphatic carbocycles. The summed E-state index contributed by atoms with van der Waals surface area (Å²) in [5, 5.41) is 0. The van der Waals surface area contributed by atoms with E-state index in [2.05, 4.69) is 9.97 Å². The van der Waals surface area contributed by atoms with E-state index in [1.165, 1.54) is 6.33 Å². The van der Waals surface area contributed by atoms with E-state index < -0.39 is 12.1 Å². The van der Waals surface area contributed by atoms with Gasteiger partial charge in [-0.05, 0) is 18.8 Å². The highest BCUT2D eigenvalue weighted by Crippen LogP contribution is 2.41. The molecule has 0 radical (unpaired) electrons. The van der Waals surface area contributed by atoms with Crippen molar-refractivity contribution in [2.24, 2.45) is 11.8 Å². The Labute approximate surface area is 111 Å². The molecular formula is C12H18ClF3N2. The van der Waals surface area contributed by atoms with Crippen LogP contribution >= 0.6 is 12.4 Å². The van der Waals surface area contributed by atoms with Crippen molar-refractivity contribution in [3.63, 3.8) is 0 Å². The van der Waals surface area contributed by atoms with Crippen LogP contribution in [0.1, 0.15) is 37.8 Å². The second-order valence-corrected chi connectivity index (χ2v) is 4.81. The molecule has 1 fully saturated rings. The van der Waals surface area contributed by atoms with Crippen molar-refractivity contribution in [3.8, 4) is 0 Å². The third kappa shape index (κ3) is 3.90. The van der Waals surface area contributed by atoms with Gasteiger partial charge in [0, 0.05) is 12.6 Å². The summed E-state index contributed by atoms with van der Waals surface area (Å²) in [5.74, 6) is -1.45. The number of aromatic amines is 1. The number of alkyl halides is 3. The molecule has 6 heteroatoms. The van der Waals surface area contributed by atoms with Crippen LogP contribution in [0.3, 0.4) is 0 Å². The van der Waals surface area contributed by atoms with Crippen molar-refractivity contribution in [2.45, 2.75) is 44.7 Å². The molecule has 1 aromatic heterocycles. The van der Waals surface area contributed by atoms with Crippen LogP contribution in [-0.4, -0.2) is 16.1 Å². The monoisotopic (exact) mass is 282 g/mol. The van der Waals surface area contributed by atoms with Crippen LogP contribution in [0, 0.1) is 11.8 Å². The van der Waals surface area contributed by atoms with Gasteiger partial charge < -0.3 is 4.98 Å². The Morgan fingerprint density at radius 3 is 2.44 bits per heavy atom. The summed E-state index contributed by atoms with van der Waals surface area (Å²) >= 11 is 0. The number of nitrogens with zero attached hydrogens (tertiary/aromatic N) is 1. The van der Waals surface area contributed by atoms with Crippen molar-refractivity contribution in [3.05, 3.63) is 18.2 Å². The van der Waals surface area contributed by atoms with Gasteiger partial charge in [0.15, 0.2) is 0 Å². The van der Waals surface area contributed by atoms with Gasteiger partial charge in [-0.15, -0.1) is 12.4 Å². The molecule has 0 saturated heterocycles. The van der Waals surface area contributed by atoms with E-state index in [1.54, 1.807) is 6.20 Å². The van der Waals surface area contributed by atoms with Gasteiger partial charge in [0.1, 0.15) is 0 Å². The molecule has 1 saturated carbocycles. The van der Waals surface area contributed by atoms with Gasteiger partial charge in [0.05, 0.1) is 17.9 Å². The Morgan fingerprint density at radius 2 is 1.94 bits per heavy atom. The van der Waals surface area contributed by atoms with Gasteiger partial charge in [-0.3, -0.25) is 0 Å². The van der Waals surface area contributed by atoms with Crippen molar-refractivity contribution >= 4 is 12.4 Å². The minimum absolute atomic E-state index is 0. The van der Waals surface area contributed by atoms with E-state index in [4.69, 9.17) is 0 Å². The van der Waals surface area contributed by atoms with E-state index in [9.17, 15) is 13.2 Å². The molecule has 1 atom stereocenters. The number of hydrogen-bond acceptors (Lipinski definition) is 1. The topological polar surface area (TPSA) is 28.7 Å². The Bertz CT molecular complexity index is 332. The molecule has 104 valence electrons. The summed E-state index contributed by atoms with van der Waals surface area (Å²) in [5.41, 5.74) is 0.512. The Hall–Kier alpha value is -0.710. The first-order chi connectivity index (χ1) is 8.07. The first-order valence-corrected chi connectivity index (χ1v) is 6.12. The zero-order chi connectivity index (χ0) is 12.3. The highest BCUT2D eigenvalue weighted by atomic mass is 35.5. The molecule has 1 unspecified atom stereocenters. The fourth-order valence-corrected chi connectivity index (χ4v) is 2.71. The molecule has 0 bridgehead atoms. The third-order valence-corrected chi connectivity index (χ3v) is 3.62. The minimum atomic E-state index is -4.11. The van der Waals surface area contributed by atoms with E-state index in [0.29, 0.717) is 18.5 Å². The molecule has 0 spiro atoms. The van der Waals surface area contributed by atoms with Crippen molar-refractivity contribution in [2.75, 3.05) is 0 Å². The van der Waals surface area contributed by atoms with Crippen molar-refractivity contribution in [1.29, 1.82) is 0 Å². The molecule has 2 nitrogen and oxygen atoms in total. The molecule has 0 aliphatic heterocycles. The van der Waals surface area contributed by atoms with Crippen LogP contribution in [0.5, 0.6) is 0 Å². The fraction of sp³-hybridized carbons (Fsp3) is 0.750. The van der Waals surface area contributed by atoms with Crippen LogP contribution in [-0.2, 0) is 6.42 Å². The molecular weight excluding hydrogens is 265 g/mol. The largest absolute Gasteiger partial charge is 0.392 e. The van der Waals surface area contributed by atoms with Crippen LogP contribution < -0.4 is 0 Å². The number of hydrogen-bond donors (Lipinski definition) is 1. The lowest BCUT2D eigenvalue weighted by atomic mass is 9.78. The summed E-state index contributed by atoms with van der Waals surface area (Å²) < 4.78 is 39.2. The summed E-state index contributed by atoms with van der Waals surface area (Å²) in [4.78, 5) is 6.62. The van der Waals surface area contributed by atoms with Gasteiger partial charge >= 0.3 is 6.18 Å². The average Bonchev–Trinajstić information content (AvgIpc) is 2.78. The number of imidazole rings is 1. The maximum Gasteiger partial charge on any atom is 0.392 e. The lowest BCUT2D eigenvalue weighted by Crippen LogP contribution is -2.33. The second-order valence-electron chi connectivity index (χ2n) is 4.81. The maximum absolute atomic E-state index is 13.1. The zero-order valence-electron chi connectivity index (χ0n) is 10.0. The Balaban J connectivity index is 0.00000162. The molecule has 18 heavy (non-hydrogen) atoms. The average molecular weight is 283 g/mol. The first-order valence-electron chi connectivity index (χ1n) is 6.12. The predicted molar refractivity (Wildman–Crippen MR) is 65.7 cm³/mol. The summed E-state index contributed by atoms with van der Waals surface area (Å²) in [6.45, 7) is 0. The molecule has 2 rings (SSSR count). The van der Waals surface area contributed by atoms with Crippen LogP contribution in [0.4, 0.5) is 13.2 Å². The van der Waals surface area contributed by atoms with Gasteiger partial charge in [-0.1, -0.05) is 19.3 Å². The van der Waals surface area contributed by atoms with Gasteiger partial charge in [-0.2, -0.15) is 13.2 Å². The van der Waals surface area contributed by atoms with Crippen LogP contribution in [0.25, 0.3) is 0 Å². The van der Waals surface area contributed by atoms with E-state index in [0.717, 1.165) is 19.3 Å². The number of rotatable bonds is 3. The number of halogens is 4. The standard InChI is InChI=1S/C12H17F3N2.ClH/c13-12(14,15)11(6-10-7-16-8-17-10)9-4-2-1-3-5-9;/h7-9,11H,1-6H2,(H,16,17);1H. The lowest BCUT2D eigenvalue weighted by Gasteiger charge is -2.31. The van der Waals surface area contributed by atoms with Crippen LogP contribution in [0.15, 0.2) is 12.5 Å². The van der Waals surface area contributed by atoms with Gasteiger partial charge in [-0.25, -0.2) is 4.98 Å². The molecule has 1 heterocycles. The lowest BCUT2D eigenvalue weighted by molar-refractivity contribution is -0.191. The smallest absolute Gasteiger partial charge is 0.351 e. The van der Waals surface area contributed by atoms with Gasteiger partial charge in [0.25, 0.3) is 0 Å². The molecule has 0 amide bonds. The van der Waals surface area contributed by atoms with Gasteiger partial charge in [0.2, 0.25) is 0 Å². The van der Waals surface area contributed by atoms with Crippen LogP contribution in [0.2, 0.25) is 0 Å². The first kappa shape index (κ1) is 15.3. The normalized spacial score (nSPS) is 19.3. The third-order valence-electron chi connectivity index (χ3n) is 3.62. The Kier molecular flexibility index (Phi) is 5.50. The molecule has 1 aliphatic rings. The molecule has 1 aromatic rings. The maximum atomic E-state index is 13.1. The van der Waals surface area contributed by atoms with E-state index in [-0.39, 0.29) is 24.7 Å². The fourth-order valence-electron chi connectivity index (χ4n) is 2.71. The highest BCUT2D eigenvalue weighted by molar-refractivity contribution is 5.85. The zero-order valence-corrected chi connectivity index (χ0v) is 10.9. The summed E-state index contributed by atoms with van der Waals surface area (Å²) in [7, 11) is 0. The molecule has 1 N–H and O–H groups in total. The molecule has 0 aromatic carbocycles.